The van der Waals surface area contributed by atoms with E-state index in [-0.39, 0.29) is 0 Å². The fourth-order valence-corrected chi connectivity index (χ4v) is 2.97. The van der Waals surface area contributed by atoms with Crippen molar-refractivity contribution in [2.45, 2.75) is 13.0 Å². The highest BCUT2D eigenvalue weighted by Crippen LogP contribution is 2.23. The van der Waals surface area contributed by atoms with Crippen molar-refractivity contribution in [1.82, 2.24) is 4.90 Å². The molecule has 0 atom stereocenters. The summed E-state index contributed by atoms with van der Waals surface area (Å²) >= 11 is 12.2. The molecule has 0 radical (unpaired) electrons. The smallest absolute Gasteiger partial charge is 0.104 e. The highest BCUT2D eigenvalue weighted by Gasteiger charge is 2.18. The molecule has 2 aromatic rings. The average Bonchev–Trinajstić information content (AvgIpc) is 2.90. The monoisotopic (exact) mass is 318 g/mol. The van der Waals surface area contributed by atoms with Gasteiger partial charge >= 0.3 is 0 Å². The molecule has 2 nitrogen and oxygen atoms in total. The van der Waals surface area contributed by atoms with Crippen LogP contribution in [0, 0.1) is 0 Å². The Morgan fingerprint density at radius 3 is 2.62 bits per heavy atom. The molecule has 1 heterocycles. The normalized spacial score (nSPS) is 14.4. The third-order valence-corrected chi connectivity index (χ3v) is 4.20. The summed E-state index contributed by atoms with van der Waals surface area (Å²) in [5, 5.41) is 1.39. The van der Waals surface area contributed by atoms with Crippen LogP contribution in [0.15, 0.2) is 53.5 Å². The molecule has 0 aliphatic carbocycles. The summed E-state index contributed by atoms with van der Waals surface area (Å²) in [6, 6.07) is 16.1. The molecular formula is C17H16Cl2N2. The van der Waals surface area contributed by atoms with Crippen molar-refractivity contribution in [3.8, 4) is 0 Å². The van der Waals surface area contributed by atoms with Crippen LogP contribution in [0.25, 0.3) is 0 Å². The van der Waals surface area contributed by atoms with Gasteiger partial charge in [0.05, 0.1) is 6.54 Å². The molecular weight excluding hydrogens is 303 g/mol. The zero-order valence-corrected chi connectivity index (χ0v) is 13.1. The number of hydrogen-bond acceptors (Lipinski definition) is 2. The third-order valence-electron chi connectivity index (χ3n) is 3.61. The molecule has 0 amide bonds. The van der Waals surface area contributed by atoms with Crippen LogP contribution in [-0.4, -0.2) is 23.8 Å². The molecule has 0 aromatic heterocycles. The number of rotatable bonds is 4. The Hall–Kier alpha value is -1.51. The van der Waals surface area contributed by atoms with Crippen molar-refractivity contribution in [1.29, 1.82) is 0 Å². The lowest BCUT2D eigenvalue weighted by Crippen LogP contribution is -2.28. The minimum absolute atomic E-state index is 0.670. The molecule has 1 aliphatic rings. The summed E-state index contributed by atoms with van der Waals surface area (Å²) in [4.78, 5) is 6.92. The second kappa shape index (κ2) is 6.50. The number of hydrogen-bond donors (Lipinski definition) is 0. The van der Waals surface area contributed by atoms with Gasteiger partial charge in [0.15, 0.2) is 0 Å². The van der Waals surface area contributed by atoms with E-state index in [0.29, 0.717) is 10.0 Å². The number of nitrogens with zero attached hydrogens (tertiary/aromatic N) is 2. The van der Waals surface area contributed by atoms with E-state index in [4.69, 9.17) is 23.2 Å². The van der Waals surface area contributed by atoms with Crippen LogP contribution < -0.4 is 0 Å². The first kappa shape index (κ1) is 14.4. The van der Waals surface area contributed by atoms with E-state index in [1.165, 1.54) is 5.56 Å². The topological polar surface area (TPSA) is 15.6 Å². The van der Waals surface area contributed by atoms with Crippen LogP contribution >= 0.6 is 23.2 Å². The van der Waals surface area contributed by atoms with E-state index < -0.39 is 0 Å². The molecule has 0 N–H and O–H groups in total. The zero-order valence-electron chi connectivity index (χ0n) is 11.6. The second-order valence-electron chi connectivity index (χ2n) is 5.12. The highest BCUT2D eigenvalue weighted by atomic mass is 35.5. The van der Waals surface area contributed by atoms with E-state index >= 15 is 0 Å². The van der Waals surface area contributed by atoms with Crippen LogP contribution in [0.3, 0.4) is 0 Å². The molecule has 0 saturated heterocycles. The Labute approximate surface area is 135 Å². The fraction of sp³-hybridized carbons (Fsp3) is 0.235. The van der Waals surface area contributed by atoms with Crippen LogP contribution in [0.2, 0.25) is 10.0 Å². The summed E-state index contributed by atoms with van der Waals surface area (Å²) < 4.78 is 0. The van der Waals surface area contributed by atoms with E-state index in [2.05, 4.69) is 34.2 Å². The van der Waals surface area contributed by atoms with Gasteiger partial charge in [-0.3, -0.25) is 4.99 Å². The van der Waals surface area contributed by atoms with Crippen LogP contribution in [0.5, 0.6) is 0 Å². The summed E-state index contributed by atoms with van der Waals surface area (Å²) in [6.45, 7) is 2.58. The molecule has 21 heavy (non-hydrogen) atoms. The predicted molar refractivity (Wildman–Crippen MR) is 89.3 cm³/mol. The van der Waals surface area contributed by atoms with Crippen LogP contribution in [0.1, 0.15) is 11.1 Å². The zero-order chi connectivity index (χ0) is 14.7. The van der Waals surface area contributed by atoms with Crippen LogP contribution in [0.4, 0.5) is 0 Å². The first-order valence-corrected chi connectivity index (χ1v) is 7.74. The summed E-state index contributed by atoms with van der Waals surface area (Å²) in [7, 11) is 0. The van der Waals surface area contributed by atoms with Gasteiger partial charge in [0.25, 0.3) is 0 Å². The summed E-state index contributed by atoms with van der Waals surface area (Å²) in [5.41, 5.74) is 2.37. The molecule has 1 aliphatic heterocycles. The Kier molecular flexibility index (Phi) is 4.47. The average molecular weight is 319 g/mol. The van der Waals surface area contributed by atoms with Crippen molar-refractivity contribution in [3.63, 3.8) is 0 Å². The lowest BCUT2D eigenvalue weighted by Gasteiger charge is -2.21. The van der Waals surface area contributed by atoms with Gasteiger partial charge in [0, 0.05) is 29.6 Å². The van der Waals surface area contributed by atoms with E-state index in [1.54, 1.807) is 6.07 Å². The molecule has 0 fully saturated rings. The molecule has 108 valence electrons. The maximum atomic E-state index is 6.26. The molecule has 0 saturated carbocycles. The largest absolute Gasteiger partial charge is 0.354 e. The van der Waals surface area contributed by atoms with Gasteiger partial charge in [-0.25, -0.2) is 0 Å². The molecule has 4 heteroatoms. The maximum Gasteiger partial charge on any atom is 0.104 e. The first-order chi connectivity index (χ1) is 10.2. The highest BCUT2D eigenvalue weighted by molar-refractivity contribution is 6.35. The van der Waals surface area contributed by atoms with Gasteiger partial charge < -0.3 is 4.90 Å². The van der Waals surface area contributed by atoms with Crippen molar-refractivity contribution in [2.75, 3.05) is 13.1 Å². The van der Waals surface area contributed by atoms with Gasteiger partial charge in [-0.2, -0.15) is 0 Å². The third kappa shape index (κ3) is 3.58. The van der Waals surface area contributed by atoms with Gasteiger partial charge in [0.1, 0.15) is 5.84 Å². The SMILES string of the molecule is Clc1ccc(CN2CCN=C2Cc2ccccc2)c(Cl)c1. The lowest BCUT2D eigenvalue weighted by atomic mass is 10.1. The molecule has 0 spiro atoms. The minimum Gasteiger partial charge on any atom is -0.354 e. The Bertz CT molecular complexity index is 653. The summed E-state index contributed by atoms with van der Waals surface area (Å²) in [6.07, 6.45) is 0.867. The Balaban J connectivity index is 1.72. The predicted octanol–water partition coefficient (Wildman–Crippen LogP) is 4.45. The second-order valence-corrected chi connectivity index (χ2v) is 5.96. The van der Waals surface area contributed by atoms with Gasteiger partial charge in [-0.1, -0.05) is 59.6 Å². The van der Waals surface area contributed by atoms with Gasteiger partial charge in [-0.15, -0.1) is 0 Å². The summed E-state index contributed by atoms with van der Waals surface area (Å²) in [5.74, 6) is 1.13. The molecule has 3 rings (SSSR count). The Morgan fingerprint density at radius 2 is 1.86 bits per heavy atom. The number of aliphatic imine (C=N–C) groups is 1. The minimum atomic E-state index is 0.670. The molecule has 0 bridgehead atoms. The quantitative estimate of drug-likeness (QED) is 0.813. The molecule has 0 unspecified atom stereocenters. The molecule has 2 aromatic carbocycles. The van der Waals surface area contributed by atoms with E-state index in [9.17, 15) is 0 Å². The van der Waals surface area contributed by atoms with Crippen molar-refractivity contribution >= 4 is 29.0 Å². The number of halogens is 2. The van der Waals surface area contributed by atoms with Crippen LogP contribution in [-0.2, 0) is 13.0 Å². The van der Waals surface area contributed by atoms with E-state index in [0.717, 1.165) is 37.5 Å². The van der Waals surface area contributed by atoms with Crippen molar-refractivity contribution < 1.29 is 0 Å². The van der Waals surface area contributed by atoms with Gasteiger partial charge in [-0.05, 0) is 23.3 Å². The Morgan fingerprint density at radius 1 is 1.05 bits per heavy atom. The van der Waals surface area contributed by atoms with Crippen molar-refractivity contribution in [2.24, 2.45) is 4.99 Å². The van der Waals surface area contributed by atoms with E-state index in [1.807, 2.05) is 18.2 Å². The fourth-order valence-electron chi connectivity index (χ4n) is 2.50. The number of amidine groups is 1. The number of benzene rings is 2. The first-order valence-electron chi connectivity index (χ1n) is 6.98. The van der Waals surface area contributed by atoms with Gasteiger partial charge in [0.2, 0.25) is 0 Å². The maximum absolute atomic E-state index is 6.26. The standard InChI is InChI=1S/C17H16Cl2N2/c18-15-7-6-14(16(19)11-15)12-21-9-8-20-17(21)10-13-4-2-1-3-5-13/h1-7,11H,8-10,12H2. The van der Waals surface area contributed by atoms with Crippen molar-refractivity contribution in [3.05, 3.63) is 69.7 Å². The lowest BCUT2D eigenvalue weighted by molar-refractivity contribution is 0.446.